The average Bonchev–Trinajstić information content (AvgIpc) is 1.69. The Bertz CT molecular complexity index is 90.4. The number of rotatable bonds is 2. The van der Waals surface area contributed by atoms with E-state index in [2.05, 4.69) is 6.58 Å². The molecule has 0 saturated carbocycles. The van der Waals surface area contributed by atoms with Crippen molar-refractivity contribution in [2.24, 2.45) is 0 Å². The maximum absolute atomic E-state index is 8.03. The molecule has 0 aromatic heterocycles. The molecule has 1 heteroatoms. The minimum Gasteiger partial charge on any atom is -0.516 e. The molecule has 1 nitrogen and oxygen atoms in total. The van der Waals surface area contributed by atoms with Gasteiger partial charge >= 0.3 is 0 Å². The van der Waals surface area contributed by atoms with E-state index in [0.29, 0.717) is 0 Å². The molecule has 0 heterocycles. The molecule has 0 aliphatic heterocycles. The molecule has 0 rings (SSSR count). The molecule has 0 unspecified atom stereocenters. The lowest BCUT2D eigenvalue weighted by Gasteiger charge is -1.65. The lowest BCUT2D eigenvalue weighted by atomic mass is 10.5. The summed E-state index contributed by atoms with van der Waals surface area (Å²) < 4.78 is 0. The van der Waals surface area contributed by atoms with Gasteiger partial charge in [0, 0.05) is 0 Å². The summed E-state index contributed by atoms with van der Waals surface area (Å²) >= 11 is 0. The van der Waals surface area contributed by atoms with Crippen LogP contribution in [0.5, 0.6) is 0 Å². The van der Waals surface area contributed by atoms with Crippen LogP contribution in [0.15, 0.2) is 37.1 Å². The van der Waals surface area contributed by atoms with Gasteiger partial charge in [-0.25, -0.2) is 0 Å². The summed E-state index contributed by atoms with van der Waals surface area (Å²) in [5.74, 6) is 0. The summed E-state index contributed by atoms with van der Waals surface area (Å²) in [6, 6.07) is 0. The third-order valence-corrected chi connectivity index (χ3v) is 0.444. The Balaban J connectivity index is 3.27. The fourth-order valence-electron chi connectivity index (χ4n) is 0.192. The second-order valence-electron chi connectivity index (χ2n) is 0.962. The van der Waals surface area contributed by atoms with Crippen LogP contribution in [0.1, 0.15) is 0 Å². The van der Waals surface area contributed by atoms with E-state index in [-0.39, 0.29) is 0 Å². The highest BCUT2D eigenvalue weighted by Crippen LogP contribution is 1.72. The number of allylic oxidation sites excluding steroid dienone is 4. The first kappa shape index (κ1) is 6.02. The van der Waals surface area contributed by atoms with Crippen molar-refractivity contribution >= 4 is 0 Å². The van der Waals surface area contributed by atoms with E-state index in [1.807, 2.05) is 0 Å². The maximum Gasteiger partial charge on any atom is 0.0791 e. The Morgan fingerprint density at radius 1 is 1.14 bits per heavy atom. The van der Waals surface area contributed by atoms with Crippen LogP contribution in [0, 0.1) is 0 Å². The lowest BCUT2D eigenvalue weighted by Crippen LogP contribution is -1.46. The second-order valence-corrected chi connectivity index (χ2v) is 0.962. The van der Waals surface area contributed by atoms with Crippen molar-refractivity contribution in [2.75, 3.05) is 0 Å². The monoisotopic (exact) mass is 96.1 g/mol. The number of hydrogen-bond donors (Lipinski definition) is 1. The first-order valence-corrected chi connectivity index (χ1v) is 2.00. The van der Waals surface area contributed by atoms with Gasteiger partial charge in [-0.1, -0.05) is 24.8 Å². The Kier molecular flexibility index (Phi) is 4.32. The molecule has 38 valence electrons. The summed E-state index contributed by atoms with van der Waals surface area (Å²) in [4.78, 5) is 0. The van der Waals surface area contributed by atoms with E-state index in [0.717, 1.165) is 6.26 Å². The molecule has 0 radical (unpaired) electrons. The zero-order valence-electron chi connectivity index (χ0n) is 4.04. The SMILES string of the molecule is C=C/C=C/C=CO. The number of aliphatic hydroxyl groups excluding tert-OH is 1. The first-order chi connectivity index (χ1) is 3.41. The molecule has 0 bridgehead atoms. The smallest absolute Gasteiger partial charge is 0.0791 e. The van der Waals surface area contributed by atoms with Crippen LogP contribution in [-0.4, -0.2) is 5.11 Å². The Morgan fingerprint density at radius 2 is 1.86 bits per heavy atom. The number of aliphatic hydroxyl groups is 1. The van der Waals surface area contributed by atoms with Gasteiger partial charge in [0.1, 0.15) is 0 Å². The molecule has 1 N–H and O–H groups in total. The van der Waals surface area contributed by atoms with Gasteiger partial charge in [-0.2, -0.15) is 0 Å². The van der Waals surface area contributed by atoms with Crippen LogP contribution in [0.4, 0.5) is 0 Å². The topological polar surface area (TPSA) is 20.2 Å². The predicted molar refractivity (Wildman–Crippen MR) is 31.1 cm³/mol. The molecule has 7 heavy (non-hydrogen) atoms. The maximum atomic E-state index is 8.03. The molecule has 0 atom stereocenters. The van der Waals surface area contributed by atoms with Crippen molar-refractivity contribution in [1.82, 2.24) is 0 Å². The molecule has 0 aromatic rings. The van der Waals surface area contributed by atoms with Gasteiger partial charge in [-0.05, 0) is 6.08 Å². The van der Waals surface area contributed by atoms with Crippen molar-refractivity contribution in [1.29, 1.82) is 0 Å². The van der Waals surface area contributed by atoms with Crippen molar-refractivity contribution in [3.8, 4) is 0 Å². The van der Waals surface area contributed by atoms with Crippen LogP contribution in [0.3, 0.4) is 0 Å². The number of hydrogen-bond acceptors (Lipinski definition) is 1. The largest absolute Gasteiger partial charge is 0.516 e. The zero-order chi connectivity index (χ0) is 5.54. The average molecular weight is 96.1 g/mol. The third-order valence-electron chi connectivity index (χ3n) is 0.444. The van der Waals surface area contributed by atoms with Crippen LogP contribution in [0.25, 0.3) is 0 Å². The Morgan fingerprint density at radius 3 is 2.29 bits per heavy atom. The molecule has 0 saturated heterocycles. The van der Waals surface area contributed by atoms with E-state index in [1.165, 1.54) is 6.08 Å². The normalized spacial score (nSPS) is 10.9. The van der Waals surface area contributed by atoms with E-state index in [9.17, 15) is 0 Å². The molecular weight excluding hydrogens is 88.1 g/mol. The van der Waals surface area contributed by atoms with Crippen molar-refractivity contribution in [3.63, 3.8) is 0 Å². The van der Waals surface area contributed by atoms with E-state index < -0.39 is 0 Å². The summed E-state index contributed by atoms with van der Waals surface area (Å²) in [5.41, 5.74) is 0. The Hall–Kier alpha value is -0.980. The summed E-state index contributed by atoms with van der Waals surface area (Å²) in [7, 11) is 0. The van der Waals surface area contributed by atoms with Crippen LogP contribution < -0.4 is 0 Å². The molecule has 0 aliphatic rings. The van der Waals surface area contributed by atoms with Gasteiger partial charge in [-0.15, -0.1) is 0 Å². The fourth-order valence-corrected chi connectivity index (χ4v) is 0.192. The van der Waals surface area contributed by atoms with Crippen LogP contribution in [0.2, 0.25) is 0 Å². The molecule has 0 aromatic carbocycles. The van der Waals surface area contributed by atoms with Crippen molar-refractivity contribution < 1.29 is 5.11 Å². The summed E-state index contributed by atoms with van der Waals surface area (Å²) in [5, 5.41) is 8.03. The van der Waals surface area contributed by atoms with Gasteiger partial charge in [0.25, 0.3) is 0 Å². The molecular formula is C6H8O. The lowest BCUT2D eigenvalue weighted by molar-refractivity contribution is 0.474. The third kappa shape index (κ3) is 5.02. The predicted octanol–water partition coefficient (Wildman–Crippen LogP) is 1.80. The summed E-state index contributed by atoms with van der Waals surface area (Å²) in [6.45, 7) is 3.43. The van der Waals surface area contributed by atoms with E-state index in [1.54, 1.807) is 18.2 Å². The quantitative estimate of drug-likeness (QED) is 0.410. The first-order valence-electron chi connectivity index (χ1n) is 2.00. The minimum absolute atomic E-state index is 0.972. The van der Waals surface area contributed by atoms with Gasteiger partial charge in [-0.3, -0.25) is 0 Å². The highest BCUT2D eigenvalue weighted by atomic mass is 16.2. The highest BCUT2D eigenvalue weighted by molar-refractivity contribution is 5.06. The molecule has 0 aliphatic carbocycles. The Labute approximate surface area is 43.3 Å². The van der Waals surface area contributed by atoms with Gasteiger partial charge < -0.3 is 5.11 Å². The van der Waals surface area contributed by atoms with Crippen molar-refractivity contribution in [3.05, 3.63) is 37.1 Å². The van der Waals surface area contributed by atoms with E-state index >= 15 is 0 Å². The van der Waals surface area contributed by atoms with Gasteiger partial charge in [0.05, 0.1) is 6.26 Å². The van der Waals surface area contributed by atoms with Gasteiger partial charge in [0.15, 0.2) is 0 Å². The van der Waals surface area contributed by atoms with Crippen molar-refractivity contribution in [2.45, 2.75) is 0 Å². The highest BCUT2D eigenvalue weighted by Gasteiger charge is 1.53. The van der Waals surface area contributed by atoms with Crippen LogP contribution >= 0.6 is 0 Å². The molecule has 0 fully saturated rings. The van der Waals surface area contributed by atoms with Crippen LogP contribution in [-0.2, 0) is 0 Å². The van der Waals surface area contributed by atoms with E-state index in [4.69, 9.17) is 5.11 Å². The summed E-state index contributed by atoms with van der Waals surface area (Å²) in [6.07, 6.45) is 7.54. The molecule has 0 amide bonds. The molecule has 0 spiro atoms. The minimum atomic E-state index is 0.972. The standard InChI is InChI=1S/C6H8O/c1-2-3-4-5-6-7/h2-7H,1H2/b4-3+,6-5?. The van der Waals surface area contributed by atoms with Gasteiger partial charge in [0.2, 0.25) is 0 Å². The fraction of sp³-hybridized carbons (Fsp3) is 0. The zero-order valence-corrected chi connectivity index (χ0v) is 4.04. The second kappa shape index (κ2) is 5.02.